The molecule has 0 bridgehead atoms. The van der Waals surface area contributed by atoms with E-state index < -0.39 is 0 Å². The molecule has 108 valence electrons. The Bertz CT molecular complexity index is 359. The maximum atomic E-state index is 9.92. The van der Waals surface area contributed by atoms with Gasteiger partial charge in [-0.05, 0) is 32.3 Å². The van der Waals surface area contributed by atoms with Gasteiger partial charge < -0.3 is 9.84 Å². The third-order valence-corrected chi connectivity index (χ3v) is 3.86. The fourth-order valence-corrected chi connectivity index (χ4v) is 2.74. The van der Waals surface area contributed by atoms with Crippen LogP contribution in [0.2, 0.25) is 0 Å². The lowest BCUT2D eigenvalue weighted by Crippen LogP contribution is -2.16. The molecule has 4 heteroatoms. The standard InChI is InChI=1S/C15H26N2O2/c1-2-19-11-9-15(18)12-13-8-10-17(16-13)14-6-4-3-5-7-14/h8,10,14-15,18H,2-7,9,11-12H2,1H3. The van der Waals surface area contributed by atoms with Gasteiger partial charge in [-0.3, -0.25) is 4.68 Å². The highest BCUT2D eigenvalue weighted by Gasteiger charge is 2.16. The Kier molecular flexibility index (Phi) is 5.86. The molecule has 1 atom stereocenters. The summed E-state index contributed by atoms with van der Waals surface area (Å²) in [7, 11) is 0. The van der Waals surface area contributed by atoms with Crippen molar-refractivity contribution in [2.24, 2.45) is 0 Å². The second-order valence-corrected chi connectivity index (χ2v) is 5.42. The number of aliphatic hydroxyl groups excluding tert-OH is 1. The highest BCUT2D eigenvalue weighted by Crippen LogP contribution is 2.27. The molecular formula is C15H26N2O2. The van der Waals surface area contributed by atoms with E-state index in [0.717, 1.165) is 5.69 Å². The summed E-state index contributed by atoms with van der Waals surface area (Å²) in [6.45, 7) is 3.31. The first-order chi connectivity index (χ1) is 9.29. The van der Waals surface area contributed by atoms with E-state index in [9.17, 15) is 5.11 Å². The molecule has 0 amide bonds. The van der Waals surface area contributed by atoms with Crippen molar-refractivity contribution in [3.63, 3.8) is 0 Å². The number of aromatic nitrogens is 2. The topological polar surface area (TPSA) is 47.3 Å². The number of hydrogen-bond acceptors (Lipinski definition) is 3. The lowest BCUT2D eigenvalue weighted by molar-refractivity contribution is 0.0881. The van der Waals surface area contributed by atoms with Gasteiger partial charge in [-0.25, -0.2) is 0 Å². The molecule has 1 saturated carbocycles. The zero-order chi connectivity index (χ0) is 13.5. The van der Waals surface area contributed by atoms with E-state index in [0.29, 0.717) is 32.1 Å². The summed E-state index contributed by atoms with van der Waals surface area (Å²) >= 11 is 0. The summed E-state index contributed by atoms with van der Waals surface area (Å²) in [5, 5.41) is 14.5. The number of aliphatic hydroxyl groups is 1. The minimum Gasteiger partial charge on any atom is -0.393 e. The Morgan fingerprint density at radius 2 is 2.21 bits per heavy atom. The molecule has 1 aromatic rings. The molecule has 0 saturated heterocycles. The van der Waals surface area contributed by atoms with Gasteiger partial charge in [0, 0.05) is 25.8 Å². The maximum Gasteiger partial charge on any atom is 0.0650 e. The average Bonchev–Trinajstić information content (AvgIpc) is 2.88. The molecule has 0 radical (unpaired) electrons. The number of nitrogens with zero attached hydrogens (tertiary/aromatic N) is 2. The van der Waals surface area contributed by atoms with Crippen molar-refractivity contribution in [2.45, 2.75) is 64.0 Å². The van der Waals surface area contributed by atoms with Gasteiger partial charge in [-0.2, -0.15) is 5.10 Å². The van der Waals surface area contributed by atoms with E-state index in [-0.39, 0.29) is 6.10 Å². The summed E-state index contributed by atoms with van der Waals surface area (Å²) in [4.78, 5) is 0. The van der Waals surface area contributed by atoms with Gasteiger partial charge >= 0.3 is 0 Å². The zero-order valence-corrected chi connectivity index (χ0v) is 11.9. The van der Waals surface area contributed by atoms with Gasteiger partial charge in [0.25, 0.3) is 0 Å². The van der Waals surface area contributed by atoms with Gasteiger partial charge in [0.05, 0.1) is 17.8 Å². The molecule has 1 N–H and O–H groups in total. The largest absolute Gasteiger partial charge is 0.393 e. The molecule has 0 aliphatic heterocycles. The average molecular weight is 266 g/mol. The van der Waals surface area contributed by atoms with Crippen molar-refractivity contribution in [2.75, 3.05) is 13.2 Å². The SMILES string of the molecule is CCOCCC(O)Cc1ccn(C2CCCCC2)n1. The van der Waals surface area contributed by atoms with Gasteiger partial charge in [-0.1, -0.05) is 19.3 Å². The van der Waals surface area contributed by atoms with E-state index in [1.807, 2.05) is 13.0 Å². The molecule has 1 fully saturated rings. The van der Waals surface area contributed by atoms with Crippen LogP contribution in [0.5, 0.6) is 0 Å². The summed E-state index contributed by atoms with van der Waals surface area (Å²) in [5.41, 5.74) is 0.995. The fourth-order valence-electron chi connectivity index (χ4n) is 2.74. The second kappa shape index (κ2) is 7.65. The Morgan fingerprint density at radius 3 is 2.95 bits per heavy atom. The second-order valence-electron chi connectivity index (χ2n) is 5.42. The Hall–Kier alpha value is -0.870. The van der Waals surface area contributed by atoms with Crippen LogP contribution in [0.15, 0.2) is 12.3 Å². The van der Waals surface area contributed by atoms with Crippen LogP contribution in [0, 0.1) is 0 Å². The predicted molar refractivity (Wildman–Crippen MR) is 75.2 cm³/mol. The van der Waals surface area contributed by atoms with Crippen LogP contribution in [0.4, 0.5) is 0 Å². The van der Waals surface area contributed by atoms with Crippen molar-refractivity contribution in [3.8, 4) is 0 Å². The van der Waals surface area contributed by atoms with E-state index >= 15 is 0 Å². The van der Waals surface area contributed by atoms with Gasteiger partial charge in [0.2, 0.25) is 0 Å². The molecule has 1 aliphatic rings. The summed E-state index contributed by atoms with van der Waals surface area (Å²) in [5.74, 6) is 0. The van der Waals surface area contributed by atoms with Crippen LogP contribution < -0.4 is 0 Å². The molecule has 0 aromatic carbocycles. The van der Waals surface area contributed by atoms with Crippen molar-refractivity contribution in [1.82, 2.24) is 9.78 Å². The van der Waals surface area contributed by atoms with Crippen molar-refractivity contribution < 1.29 is 9.84 Å². The fraction of sp³-hybridized carbons (Fsp3) is 0.800. The molecule has 1 heterocycles. The van der Waals surface area contributed by atoms with Crippen molar-refractivity contribution in [1.29, 1.82) is 0 Å². The zero-order valence-electron chi connectivity index (χ0n) is 11.9. The summed E-state index contributed by atoms with van der Waals surface area (Å²) < 4.78 is 7.36. The van der Waals surface area contributed by atoms with Crippen molar-refractivity contribution in [3.05, 3.63) is 18.0 Å². The Morgan fingerprint density at radius 1 is 1.42 bits per heavy atom. The van der Waals surface area contributed by atoms with Crippen LogP contribution in [0.25, 0.3) is 0 Å². The quantitative estimate of drug-likeness (QED) is 0.772. The van der Waals surface area contributed by atoms with Gasteiger partial charge in [-0.15, -0.1) is 0 Å². The highest BCUT2D eigenvalue weighted by molar-refractivity contribution is 5.01. The molecule has 4 nitrogen and oxygen atoms in total. The van der Waals surface area contributed by atoms with Crippen LogP contribution in [0.3, 0.4) is 0 Å². The van der Waals surface area contributed by atoms with Crippen molar-refractivity contribution >= 4 is 0 Å². The van der Waals surface area contributed by atoms with E-state index in [1.54, 1.807) is 0 Å². The van der Waals surface area contributed by atoms with Crippen LogP contribution in [0.1, 0.15) is 57.2 Å². The highest BCUT2D eigenvalue weighted by atomic mass is 16.5. The first-order valence-electron chi connectivity index (χ1n) is 7.59. The molecule has 1 unspecified atom stereocenters. The van der Waals surface area contributed by atoms with Gasteiger partial charge in [0.15, 0.2) is 0 Å². The molecule has 2 rings (SSSR count). The van der Waals surface area contributed by atoms with Crippen LogP contribution in [-0.4, -0.2) is 34.2 Å². The first-order valence-corrected chi connectivity index (χ1v) is 7.59. The normalized spacial score (nSPS) is 18.6. The summed E-state index contributed by atoms with van der Waals surface area (Å²) in [6, 6.07) is 2.61. The van der Waals surface area contributed by atoms with Crippen LogP contribution >= 0.6 is 0 Å². The third-order valence-electron chi connectivity index (χ3n) is 3.86. The van der Waals surface area contributed by atoms with Gasteiger partial charge in [0.1, 0.15) is 0 Å². The maximum absolute atomic E-state index is 9.92. The molecular weight excluding hydrogens is 240 g/mol. The number of rotatable bonds is 7. The smallest absolute Gasteiger partial charge is 0.0650 e. The minimum absolute atomic E-state index is 0.346. The first kappa shape index (κ1) is 14.5. The Balaban J connectivity index is 1.79. The Labute approximate surface area is 115 Å². The van der Waals surface area contributed by atoms with E-state index in [4.69, 9.17) is 4.74 Å². The number of ether oxygens (including phenoxy) is 1. The predicted octanol–water partition coefficient (Wildman–Crippen LogP) is 2.72. The monoisotopic (exact) mass is 266 g/mol. The minimum atomic E-state index is -0.346. The molecule has 1 aromatic heterocycles. The van der Waals surface area contributed by atoms with E-state index in [2.05, 4.69) is 16.0 Å². The number of hydrogen-bond donors (Lipinski definition) is 1. The van der Waals surface area contributed by atoms with E-state index in [1.165, 1.54) is 32.1 Å². The molecule has 0 spiro atoms. The third kappa shape index (κ3) is 4.62. The lowest BCUT2D eigenvalue weighted by atomic mass is 9.96. The molecule has 1 aliphatic carbocycles. The van der Waals surface area contributed by atoms with Crippen LogP contribution in [-0.2, 0) is 11.2 Å². The lowest BCUT2D eigenvalue weighted by Gasteiger charge is -2.21. The summed E-state index contributed by atoms with van der Waals surface area (Å²) in [6.07, 6.45) is 9.52. The molecule has 19 heavy (non-hydrogen) atoms.